The molecule has 0 bridgehead atoms. The Hall–Kier alpha value is -1.39. The summed E-state index contributed by atoms with van der Waals surface area (Å²) in [5, 5.41) is 2.19. The summed E-state index contributed by atoms with van der Waals surface area (Å²) in [6.07, 6.45) is 1.11. The Balaban J connectivity index is 2.02. The van der Waals surface area contributed by atoms with Crippen LogP contribution in [0.4, 0.5) is 5.82 Å². The Bertz CT molecular complexity index is 591. The molecule has 3 nitrogen and oxygen atoms in total. The van der Waals surface area contributed by atoms with Crippen LogP contribution < -0.4 is 10.6 Å². The van der Waals surface area contributed by atoms with Crippen LogP contribution in [0.2, 0.25) is 0 Å². The molecule has 0 saturated carbocycles. The number of hydrogen-bond donors (Lipinski definition) is 1. The number of pyridine rings is 1. The monoisotopic (exact) mass is 273 g/mol. The first-order valence-corrected chi connectivity index (χ1v) is 7.58. The zero-order valence-corrected chi connectivity index (χ0v) is 12.2. The molecule has 3 heterocycles. The van der Waals surface area contributed by atoms with Crippen molar-refractivity contribution in [2.75, 3.05) is 11.4 Å². The quantitative estimate of drug-likeness (QED) is 0.914. The summed E-state index contributed by atoms with van der Waals surface area (Å²) >= 11 is 1.87. The van der Waals surface area contributed by atoms with E-state index in [1.165, 1.54) is 10.4 Å². The highest BCUT2D eigenvalue weighted by Gasteiger charge is 2.26. The average molecular weight is 273 g/mol. The minimum atomic E-state index is 0.384. The molecule has 2 aromatic heterocycles. The first-order valence-electron chi connectivity index (χ1n) is 6.70. The van der Waals surface area contributed by atoms with Crippen LogP contribution in [0.3, 0.4) is 0 Å². The van der Waals surface area contributed by atoms with Gasteiger partial charge >= 0.3 is 0 Å². The molecule has 100 valence electrons. The fraction of sp³-hybridized carbons (Fsp3) is 0.400. The SMILES string of the molecule is Cc1ccc(CN)c(N2CCc3sccc3C2C)n1. The third kappa shape index (κ3) is 2.15. The molecule has 0 aromatic carbocycles. The number of aryl methyl sites for hydroxylation is 1. The van der Waals surface area contributed by atoms with Crippen molar-refractivity contribution < 1.29 is 0 Å². The van der Waals surface area contributed by atoms with Crippen LogP contribution in [0.5, 0.6) is 0 Å². The maximum atomic E-state index is 5.86. The third-order valence-corrected chi connectivity index (χ3v) is 4.86. The van der Waals surface area contributed by atoms with Crippen molar-refractivity contribution in [1.82, 2.24) is 4.98 Å². The lowest BCUT2D eigenvalue weighted by molar-refractivity contribution is 0.620. The molecule has 0 aliphatic carbocycles. The van der Waals surface area contributed by atoms with Crippen LogP contribution in [0.15, 0.2) is 23.6 Å². The van der Waals surface area contributed by atoms with Crippen LogP contribution in [0, 0.1) is 6.92 Å². The van der Waals surface area contributed by atoms with Gasteiger partial charge in [0.2, 0.25) is 0 Å². The van der Waals surface area contributed by atoms with E-state index in [2.05, 4.69) is 29.3 Å². The van der Waals surface area contributed by atoms with Gasteiger partial charge in [-0.3, -0.25) is 0 Å². The molecule has 0 spiro atoms. The van der Waals surface area contributed by atoms with Crippen molar-refractivity contribution in [1.29, 1.82) is 0 Å². The number of fused-ring (bicyclic) bond motifs is 1. The summed E-state index contributed by atoms with van der Waals surface area (Å²) < 4.78 is 0. The first-order chi connectivity index (χ1) is 9.20. The summed E-state index contributed by atoms with van der Waals surface area (Å²) in [6.45, 7) is 5.86. The molecule has 3 rings (SSSR count). The van der Waals surface area contributed by atoms with Crippen molar-refractivity contribution in [2.24, 2.45) is 5.73 Å². The van der Waals surface area contributed by atoms with Crippen molar-refractivity contribution in [3.05, 3.63) is 45.3 Å². The number of anilines is 1. The molecule has 0 saturated heterocycles. The van der Waals surface area contributed by atoms with Crippen LogP contribution in [0.25, 0.3) is 0 Å². The summed E-state index contributed by atoms with van der Waals surface area (Å²) in [5.74, 6) is 1.06. The van der Waals surface area contributed by atoms with E-state index in [1.54, 1.807) is 0 Å². The fourth-order valence-electron chi connectivity index (χ4n) is 2.78. The maximum absolute atomic E-state index is 5.86. The molecule has 1 aliphatic rings. The van der Waals surface area contributed by atoms with Gasteiger partial charge in [0, 0.05) is 29.2 Å². The largest absolute Gasteiger partial charge is 0.349 e. The molecule has 0 radical (unpaired) electrons. The van der Waals surface area contributed by atoms with Gasteiger partial charge in [-0.15, -0.1) is 11.3 Å². The van der Waals surface area contributed by atoms with Crippen LogP contribution in [-0.2, 0) is 13.0 Å². The van der Waals surface area contributed by atoms with Gasteiger partial charge in [-0.25, -0.2) is 4.98 Å². The summed E-state index contributed by atoms with van der Waals surface area (Å²) in [7, 11) is 0. The zero-order chi connectivity index (χ0) is 13.4. The van der Waals surface area contributed by atoms with Crippen LogP contribution >= 0.6 is 11.3 Å². The second-order valence-corrected chi connectivity index (χ2v) is 6.06. The second-order valence-electron chi connectivity index (χ2n) is 5.06. The summed E-state index contributed by atoms with van der Waals surface area (Å²) in [4.78, 5) is 8.64. The van der Waals surface area contributed by atoms with Gasteiger partial charge < -0.3 is 10.6 Å². The minimum absolute atomic E-state index is 0.384. The Labute approximate surface area is 118 Å². The molecule has 0 amide bonds. The highest BCUT2D eigenvalue weighted by Crippen LogP contribution is 2.36. The predicted octanol–water partition coefficient (Wildman–Crippen LogP) is 3.03. The molecule has 2 N–H and O–H groups in total. The summed E-state index contributed by atoms with van der Waals surface area (Å²) in [5.41, 5.74) is 9.50. The average Bonchev–Trinajstić information content (AvgIpc) is 2.88. The highest BCUT2D eigenvalue weighted by molar-refractivity contribution is 7.10. The molecule has 1 unspecified atom stereocenters. The maximum Gasteiger partial charge on any atom is 0.133 e. The fourth-order valence-corrected chi connectivity index (χ4v) is 3.74. The molecular formula is C15H19N3S. The lowest BCUT2D eigenvalue weighted by Crippen LogP contribution is -2.34. The second kappa shape index (κ2) is 4.94. The number of rotatable bonds is 2. The lowest BCUT2D eigenvalue weighted by Gasteiger charge is -2.35. The smallest absolute Gasteiger partial charge is 0.133 e. The summed E-state index contributed by atoms with van der Waals surface area (Å²) in [6, 6.07) is 6.77. The predicted molar refractivity (Wildman–Crippen MR) is 80.6 cm³/mol. The van der Waals surface area contributed by atoms with Crippen molar-refractivity contribution in [3.8, 4) is 0 Å². The van der Waals surface area contributed by atoms with Crippen molar-refractivity contribution in [3.63, 3.8) is 0 Å². The molecule has 4 heteroatoms. The van der Waals surface area contributed by atoms with Gasteiger partial charge in [0.15, 0.2) is 0 Å². The van der Waals surface area contributed by atoms with Crippen molar-refractivity contribution >= 4 is 17.2 Å². The van der Waals surface area contributed by atoms with Crippen molar-refractivity contribution in [2.45, 2.75) is 32.9 Å². The van der Waals surface area contributed by atoms with E-state index in [9.17, 15) is 0 Å². The number of nitrogens with zero attached hydrogens (tertiary/aromatic N) is 2. The van der Waals surface area contributed by atoms with E-state index in [1.807, 2.05) is 24.3 Å². The Kier molecular flexibility index (Phi) is 3.29. The molecule has 1 atom stereocenters. The van der Waals surface area contributed by atoms with E-state index < -0.39 is 0 Å². The topological polar surface area (TPSA) is 42.1 Å². The Morgan fingerprint density at radius 2 is 2.26 bits per heavy atom. The Morgan fingerprint density at radius 1 is 1.42 bits per heavy atom. The van der Waals surface area contributed by atoms with Crippen LogP contribution in [-0.4, -0.2) is 11.5 Å². The molecule has 19 heavy (non-hydrogen) atoms. The lowest BCUT2D eigenvalue weighted by atomic mass is 10.0. The third-order valence-electron chi connectivity index (χ3n) is 3.86. The van der Waals surface area contributed by atoms with Gasteiger partial charge in [0.05, 0.1) is 6.04 Å². The van der Waals surface area contributed by atoms with E-state index in [4.69, 9.17) is 10.7 Å². The first kappa shape index (κ1) is 12.6. The highest BCUT2D eigenvalue weighted by atomic mass is 32.1. The zero-order valence-electron chi connectivity index (χ0n) is 11.4. The normalized spacial score (nSPS) is 18.5. The van der Waals surface area contributed by atoms with Gasteiger partial charge in [-0.05, 0) is 43.3 Å². The van der Waals surface area contributed by atoms with E-state index >= 15 is 0 Å². The molecule has 0 fully saturated rings. The van der Waals surface area contributed by atoms with Gasteiger partial charge in [-0.1, -0.05) is 6.07 Å². The van der Waals surface area contributed by atoms with E-state index in [0.29, 0.717) is 12.6 Å². The number of hydrogen-bond acceptors (Lipinski definition) is 4. The number of aromatic nitrogens is 1. The van der Waals surface area contributed by atoms with Gasteiger partial charge in [0.1, 0.15) is 5.82 Å². The molecule has 2 aromatic rings. The van der Waals surface area contributed by atoms with E-state index in [0.717, 1.165) is 30.0 Å². The van der Waals surface area contributed by atoms with Crippen LogP contribution in [0.1, 0.15) is 34.7 Å². The van der Waals surface area contributed by atoms with Gasteiger partial charge in [-0.2, -0.15) is 0 Å². The van der Waals surface area contributed by atoms with Gasteiger partial charge in [0.25, 0.3) is 0 Å². The molecule has 1 aliphatic heterocycles. The minimum Gasteiger partial charge on any atom is -0.349 e. The van der Waals surface area contributed by atoms with E-state index in [-0.39, 0.29) is 0 Å². The number of thiophene rings is 1. The standard InChI is InChI=1S/C15H19N3S/c1-10-3-4-12(9-16)15(17-10)18-7-5-14-13(11(18)2)6-8-19-14/h3-4,6,8,11H,5,7,9,16H2,1-2H3. The Morgan fingerprint density at radius 3 is 3.05 bits per heavy atom. The number of nitrogens with two attached hydrogens (primary N) is 1. The molecular weight excluding hydrogens is 254 g/mol.